The van der Waals surface area contributed by atoms with E-state index in [2.05, 4.69) is 10.6 Å². The van der Waals surface area contributed by atoms with Crippen molar-refractivity contribution in [1.82, 2.24) is 15.5 Å². The first kappa shape index (κ1) is 25.0. The zero-order chi connectivity index (χ0) is 25.7. The number of likely N-dealkylation sites (tertiary alicyclic amines) is 1. The van der Waals surface area contributed by atoms with Crippen molar-refractivity contribution in [3.63, 3.8) is 0 Å². The predicted octanol–water partition coefficient (Wildman–Crippen LogP) is 3.12. The summed E-state index contributed by atoms with van der Waals surface area (Å²) in [6.07, 6.45) is 1.14. The molecule has 190 valence electrons. The molecule has 2 aliphatic heterocycles. The lowest BCUT2D eigenvalue weighted by Crippen LogP contribution is -2.57. The number of aliphatic carboxylic acids is 1. The second kappa shape index (κ2) is 10.7. The maximum atomic E-state index is 13.5. The number of nitrogens with zero attached hydrogens (tertiary/aromatic N) is 1. The number of nitrogens with one attached hydrogen (secondary N) is 2. The Morgan fingerprint density at radius 1 is 1.11 bits per heavy atom. The zero-order valence-electron chi connectivity index (χ0n) is 20.0. The molecule has 2 aliphatic rings. The van der Waals surface area contributed by atoms with E-state index in [1.54, 1.807) is 18.2 Å². The highest BCUT2D eigenvalue weighted by molar-refractivity contribution is 6.09. The van der Waals surface area contributed by atoms with E-state index in [0.717, 1.165) is 12.0 Å². The van der Waals surface area contributed by atoms with Crippen molar-refractivity contribution < 1.29 is 33.8 Å². The summed E-state index contributed by atoms with van der Waals surface area (Å²) in [5, 5.41) is 14.8. The average molecular weight is 496 g/mol. The van der Waals surface area contributed by atoms with E-state index in [4.69, 9.17) is 9.47 Å². The minimum atomic E-state index is -1.39. The number of benzene rings is 2. The second-order valence-electron chi connectivity index (χ2n) is 8.99. The normalized spacial score (nSPS) is 19.3. The van der Waals surface area contributed by atoms with Crippen molar-refractivity contribution >= 4 is 23.8 Å². The Morgan fingerprint density at radius 2 is 1.86 bits per heavy atom. The van der Waals surface area contributed by atoms with Gasteiger partial charge in [-0.2, -0.15) is 0 Å². The van der Waals surface area contributed by atoms with Crippen LogP contribution in [0.3, 0.4) is 0 Å². The average Bonchev–Trinajstić information content (AvgIpc) is 3.41. The maximum Gasteiger partial charge on any atom is 0.316 e. The molecule has 2 aromatic carbocycles. The number of hydrogen-bond donors (Lipinski definition) is 3. The summed E-state index contributed by atoms with van der Waals surface area (Å²) >= 11 is 0. The maximum absolute atomic E-state index is 13.5. The predicted molar refractivity (Wildman–Crippen MR) is 128 cm³/mol. The fourth-order valence-electron chi connectivity index (χ4n) is 4.53. The van der Waals surface area contributed by atoms with Gasteiger partial charge in [0.05, 0.1) is 25.4 Å². The molecule has 4 amide bonds. The fraction of sp³-hybridized carbons (Fsp3) is 0.385. The van der Waals surface area contributed by atoms with Crippen LogP contribution in [0, 0.1) is 0 Å². The molecular formula is C26H29N3O7. The molecule has 10 heteroatoms. The zero-order valence-corrected chi connectivity index (χ0v) is 20.0. The largest absolute Gasteiger partial charge is 0.481 e. The van der Waals surface area contributed by atoms with E-state index >= 15 is 0 Å². The van der Waals surface area contributed by atoms with Gasteiger partial charge in [-0.3, -0.25) is 19.3 Å². The molecule has 4 rings (SSSR count). The van der Waals surface area contributed by atoms with Crippen molar-refractivity contribution in [2.45, 2.75) is 57.2 Å². The smallest absolute Gasteiger partial charge is 0.316 e. The van der Waals surface area contributed by atoms with Crippen molar-refractivity contribution in [1.29, 1.82) is 0 Å². The van der Waals surface area contributed by atoms with Crippen molar-refractivity contribution in [2.75, 3.05) is 6.79 Å². The standard InChI is InChI=1S/C26H29N3O7/c1-2-3-11-26(14-22(30)29(24(26)33)15-17-7-5-4-6-8-17)28-25(34)27-19(13-23(31)32)18-9-10-20-21(12-18)36-16-35-20/h4-10,12,19H,2-3,11,13-16H2,1H3,(H,31,32)(H2,27,28,34)/t19-,26?/m0/s1. The first-order valence-electron chi connectivity index (χ1n) is 11.9. The molecule has 1 fully saturated rings. The van der Waals surface area contributed by atoms with Gasteiger partial charge in [0.15, 0.2) is 11.5 Å². The third kappa shape index (κ3) is 5.42. The highest BCUT2D eigenvalue weighted by Gasteiger charge is 2.52. The van der Waals surface area contributed by atoms with Crippen LogP contribution in [0.5, 0.6) is 11.5 Å². The van der Waals surface area contributed by atoms with Gasteiger partial charge in [-0.25, -0.2) is 4.79 Å². The van der Waals surface area contributed by atoms with E-state index in [1.165, 1.54) is 4.90 Å². The molecule has 10 nitrogen and oxygen atoms in total. The molecule has 2 heterocycles. The Hall–Kier alpha value is -4.08. The minimum Gasteiger partial charge on any atom is -0.481 e. The van der Waals surface area contributed by atoms with E-state index in [9.17, 15) is 24.3 Å². The summed E-state index contributed by atoms with van der Waals surface area (Å²) in [5.41, 5.74) is -0.0764. The summed E-state index contributed by atoms with van der Waals surface area (Å²) < 4.78 is 10.7. The van der Waals surface area contributed by atoms with Crippen LogP contribution in [-0.2, 0) is 20.9 Å². The van der Waals surface area contributed by atoms with Crippen LogP contribution < -0.4 is 20.1 Å². The molecule has 0 aliphatic carbocycles. The van der Waals surface area contributed by atoms with E-state index in [-0.39, 0.29) is 32.1 Å². The number of amides is 4. The third-order valence-electron chi connectivity index (χ3n) is 6.39. The number of ether oxygens (including phenoxy) is 2. The molecule has 1 saturated heterocycles. The van der Waals surface area contributed by atoms with E-state index < -0.39 is 29.5 Å². The molecule has 0 bridgehead atoms. The Kier molecular flexibility index (Phi) is 7.42. The number of rotatable bonds is 10. The molecule has 36 heavy (non-hydrogen) atoms. The van der Waals surface area contributed by atoms with Gasteiger partial charge in [-0.15, -0.1) is 0 Å². The molecule has 0 saturated carbocycles. The van der Waals surface area contributed by atoms with Gasteiger partial charge in [0.1, 0.15) is 5.54 Å². The molecule has 2 aromatic rings. The van der Waals surface area contributed by atoms with Gasteiger partial charge in [0.2, 0.25) is 12.7 Å². The second-order valence-corrected chi connectivity index (χ2v) is 8.99. The number of fused-ring (bicyclic) bond motifs is 1. The Labute approximate surface area is 208 Å². The number of carbonyl (C=O) groups is 4. The van der Waals surface area contributed by atoms with Gasteiger partial charge in [-0.05, 0) is 29.7 Å². The van der Waals surface area contributed by atoms with E-state index in [1.807, 2.05) is 37.3 Å². The van der Waals surface area contributed by atoms with Crippen LogP contribution in [0.15, 0.2) is 48.5 Å². The van der Waals surface area contributed by atoms with Crippen molar-refractivity contribution in [2.24, 2.45) is 0 Å². The molecule has 0 spiro atoms. The monoisotopic (exact) mass is 495 g/mol. The van der Waals surface area contributed by atoms with Crippen LogP contribution in [0.4, 0.5) is 4.79 Å². The molecular weight excluding hydrogens is 466 g/mol. The van der Waals surface area contributed by atoms with Crippen LogP contribution in [-0.4, -0.2) is 46.2 Å². The van der Waals surface area contributed by atoms with Gasteiger partial charge in [0, 0.05) is 0 Å². The van der Waals surface area contributed by atoms with Gasteiger partial charge >= 0.3 is 12.0 Å². The van der Waals surface area contributed by atoms with Crippen molar-refractivity contribution in [3.05, 3.63) is 59.7 Å². The summed E-state index contributed by atoms with van der Waals surface area (Å²) in [6.45, 7) is 2.14. The topological polar surface area (TPSA) is 134 Å². The number of carboxylic acids is 1. The third-order valence-corrected chi connectivity index (χ3v) is 6.39. The Morgan fingerprint density at radius 3 is 2.58 bits per heavy atom. The van der Waals surface area contributed by atoms with Gasteiger partial charge < -0.3 is 25.2 Å². The number of carboxylic acid groups (broad SMARTS) is 1. The number of hydrogen-bond acceptors (Lipinski definition) is 6. The molecule has 0 aromatic heterocycles. The minimum absolute atomic E-state index is 0.0614. The SMILES string of the molecule is CCCCC1(NC(=O)N[C@@H](CC(=O)O)c2ccc3c(c2)OCO3)CC(=O)N(Cc2ccccc2)C1=O. The first-order valence-corrected chi connectivity index (χ1v) is 11.9. The van der Waals surface area contributed by atoms with Gasteiger partial charge in [-0.1, -0.05) is 56.2 Å². The number of unbranched alkanes of at least 4 members (excludes halogenated alkanes) is 1. The quantitative estimate of drug-likeness (QED) is 0.431. The lowest BCUT2D eigenvalue weighted by molar-refractivity contribution is -0.141. The first-order chi connectivity index (χ1) is 17.3. The van der Waals surface area contributed by atoms with Gasteiger partial charge in [0.25, 0.3) is 5.91 Å². The molecule has 2 atom stereocenters. The summed E-state index contributed by atoms with van der Waals surface area (Å²) in [5.74, 6) is -0.947. The highest BCUT2D eigenvalue weighted by atomic mass is 16.7. The lowest BCUT2D eigenvalue weighted by atomic mass is 9.90. The number of imide groups is 1. The van der Waals surface area contributed by atoms with Crippen molar-refractivity contribution in [3.8, 4) is 11.5 Å². The fourth-order valence-corrected chi connectivity index (χ4v) is 4.53. The van der Waals surface area contributed by atoms with Crippen LogP contribution in [0.1, 0.15) is 56.2 Å². The molecule has 0 radical (unpaired) electrons. The van der Waals surface area contributed by atoms with Crippen LogP contribution in [0.25, 0.3) is 0 Å². The summed E-state index contributed by atoms with van der Waals surface area (Å²) in [6, 6.07) is 12.5. The van der Waals surface area contributed by atoms with Crippen LogP contribution in [0.2, 0.25) is 0 Å². The van der Waals surface area contributed by atoms with Crippen LogP contribution >= 0.6 is 0 Å². The summed E-state index contributed by atoms with van der Waals surface area (Å²) in [7, 11) is 0. The van der Waals surface area contributed by atoms with E-state index in [0.29, 0.717) is 29.9 Å². The Bertz CT molecular complexity index is 1150. The number of urea groups is 1. The highest BCUT2D eigenvalue weighted by Crippen LogP contribution is 2.35. The Balaban J connectivity index is 1.53. The number of carbonyl (C=O) groups excluding carboxylic acids is 3. The molecule has 3 N–H and O–H groups in total. The molecule has 1 unspecified atom stereocenters. The summed E-state index contributed by atoms with van der Waals surface area (Å²) in [4.78, 5) is 52.2. The lowest BCUT2D eigenvalue weighted by Gasteiger charge is -2.29.